The third kappa shape index (κ3) is 3.78. The molecule has 24 heavy (non-hydrogen) atoms. The molecule has 1 aliphatic heterocycles. The van der Waals surface area contributed by atoms with Gasteiger partial charge in [0.05, 0.1) is 16.6 Å². The molecule has 130 valence electrons. The average Bonchev–Trinajstić information content (AvgIpc) is 2.74. The highest BCUT2D eigenvalue weighted by Gasteiger charge is 2.34. The molecule has 4 N–H and O–H groups in total. The van der Waals surface area contributed by atoms with Gasteiger partial charge in [0.2, 0.25) is 0 Å². The second-order valence-electron chi connectivity index (χ2n) is 4.85. The first-order valence-corrected chi connectivity index (χ1v) is 8.20. The van der Waals surface area contributed by atoms with Gasteiger partial charge in [-0.1, -0.05) is 18.5 Å². The van der Waals surface area contributed by atoms with Crippen LogP contribution in [0.15, 0.2) is 22.8 Å². The Bertz CT molecular complexity index is 904. The molecule has 0 saturated heterocycles. The second-order valence-corrected chi connectivity index (χ2v) is 6.56. The summed E-state index contributed by atoms with van der Waals surface area (Å²) in [5, 5.41) is 18.0. The topological polar surface area (TPSA) is 80.5 Å². The molecule has 0 radical (unpaired) electrons. The molecule has 0 aliphatic carbocycles. The van der Waals surface area contributed by atoms with Crippen molar-refractivity contribution in [3.05, 3.63) is 39.1 Å². The van der Waals surface area contributed by atoms with E-state index in [1.54, 1.807) is 7.05 Å². The smallest absolute Gasteiger partial charge is 0.357 e. The molecular formula is C14H15ClF3N5S. The first-order valence-electron chi connectivity index (χ1n) is 6.83. The van der Waals surface area contributed by atoms with E-state index in [0.29, 0.717) is 27.2 Å². The van der Waals surface area contributed by atoms with E-state index in [2.05, 4.69) is 10.3 Å². The number of hydrogen-bond donors (Lipinski definition) is 4. The van der Waals surface area contributed by atoms with Gasteiger partial charge >= 0.3 is 6.18 Å². The number of allylic oxidation sites excluding steroid dienone is 2. The molecule has 0 fully saturated rings. The summed E-state index contributed by atoms with van der Waals surface area (Å²) in [7, 11) is 1.61. The first kappa shape index (κ1) is 18.5. The van der Waals surface area contributed by atoms with Gasteiger partial charge in [0.1, 0.15) is 16.1 Å². The van der Waals surface area contributed by atoms with E-state index in [1.165, 1.54) is 22.4 Å². The Labute approximate surface area is 144 Å². The number of nitrogens with zero attached hydrogens (tertiary/aromatic N) is 1. The highest BCUT2D eigenvalue weighted by atomic mass is 35.5. The number of dihydropyridines is 1. The van der Waals surface area contributed by atoms with Crippen LogP contribution in [0.5, 0.6) is 0 Å². The summed E-state index contributed by atoms with van der Waals surface area (Å²) < 4.78 is 40.2. The van der Waals surface area contributed by atoms with Gasteiger partial charge in [-0.2, -0.15) is 13.2 Å². The number of nitrogens with one attached hydrogen (secondary N) is 4. The van der Waals surface area contributed by atoms with Crippen LogP contribution in [0, 0.1) is 10.8 Å². The monoisotopic (exact) mass is 377 g/mol. The van der Waals surface area contributed by atoms with E-state index in [4.69, 9.17) is 22.4 Å². The number of aromatic nitrogens is 2. The lowest BCUT2D eigenvalue weighted by Gasteiger charge is -2.19. The minimum absolute atomic E-state index is 0.0659. The van der Waals surface area contributed by atoms with E-state index in [-0.39, 0.29) is 10.7 Å². The third-order valence-electron chi connectivity index (χ3n) is 3.22. The van der Waals surface area contributed by atoms with Crippen molar-refractivity contribution in [2.24, 2.45) is 7.05 Å². The zero-order chi connectivity index (χ0) is 18.1. The number of aromatic amines is 1. The van der Waals surface area contributed by atoms with Gasteiger partial charge in [0.15, 0.2) is 0 Å². The lowest BCUT2D eigenvalue weighted by atomic mass is 10.2. The van der Waals surface area contributed by atoms with Gasteiger partial charge in [-0.3, -0.25) is 10.8 Å². The van der Waals surface area contributed by atoms with Crippen LogP contribution in [-0.2, 0) is 7.05 Å². The predicted molar refractivity (Wildman–Crippen MR) is 89.8 cm³/mol. The van der Waals surface area contributed by atoms with Crippen LogP contribution in [0.2, 0.25) is 0 Å². The Morgan fingerprint density at radius 3 is 2.67 bits per heavy atom. The zero-order valence-electron chi connectivity index (χ0n) is 12.8. The van der Waals surface area contributed by atoms with Crippen molar-refractivity contribution in [1.82, 2.24) is 14.9 Å². The average molecular weight is 378 g/mol. The predicted octanol–water partition coefficient (Wildman–Crippen LogP) is 1.62. The lowest BCUT2D eigenvalue weighted by molar-refractivity contribution is -0.0886. The fourth-order valence-corrected chi connectivity index (χ4v) is 3.05. The summed E-state index contributed by atoms with van der Waals surface area (Å²) in [4.78, 5) is 3.34. The van der Waals surface area contributed by atoms with Crippen molar-refractivity contribution in [3.8, 4) is 0 Å². The third-order valence-corrected chi connectivity index (χ3v) is 4.25. The number of thioether (sulfide) groups is 1. The maximum absolute atomic E-state index is 12.9. The number of alkyl halides is 3. The molecule has 0 bridgehead atoms. The van der Waals surface area contributed by atoms with Gasteiger partial charge in [-0.25, -0.2) is 0 Å². The second kappa shape index (κ2) is 6.94. The quantitative estimate of drug-likeness (QED) is 0.604. The molecule has 0 unspecified atom stereocenters. The normalized spacial score (nSPS) is 18.2. The molecule has 0 spiro atoms. The summed E-state index contributed by atoms with van der Waals surface area (Å²) in [5.41, 5.74) is 0.161. The fraction of sp³-hybridized carbons (Fsp3) is 0.286. The van der Waals surface area contributed by atoms with E-state index < -0.39 is 11.7 Å². The number of rotatable bonds is 3. The largest absolute Gasteiger partial charge is 0.417 e. The van der Waals surface area contributed by atoms with Crippen LogP contribution < -0.4 is 21.6 Å². The highest BCUT2D eigenvalue weighted by molar-refractivity contribution is 8.03. The maximum atomic E-state index is 12.9. The van der Waals surface area contributed by atoms with Crippen LogP contribution in [0.1, 0.15) is 6.92 Å². The molecule has 1 aromatic rings. The van der Waals surface area contributed by atoms with Crippen molar-refractivity contribution in [3.63, 3.8) is 0 Å². The molecule has 2 rings (SSSR count). The Hall–Kier alpha value is -1.87. The van der Waals surface area contributed by atoms with Crippen LogP contribution in [0.4, 0.5) is 13.2 Å². The molecular weight excluding hydrogens is 363 g/mol. The van der Waals surface area contributed by atoms with Gasteiger partial charge in [-0.15, -0.1) is 11.8 Å². The summed E-state index contributed by atoms with van der Waals surface area (Å²) in [5.74, 6) is 0.589. The molecule has 0 aromatic carbocycles. The first-order chi connectivity index (χ1) is 11.1. The Kier molecular flexibility index (Phi) is 5.34. The number of H-pyrrole nitrogens is 1. The van der Waals surface area contributed by atoms with Crippen LogP contribution >= 0.6 is 23.4 Å². The molecule has 10 heteroatoms. The molecule has 2 heterocycles. The fourth-order valence-electron chi connectivity index (χ4n) is 2.12. The molecule has 1 aromatic heterocycles. The summed E-state index contributed by atoms with van der Waals surface area (Å²) in [6.45, 7) is 1.84. The van der Waals surface area contributed by atoms with Gasteiger partial charge in [0, 0.05) is 24.2 Å². The summed E-state index contributed by atoms with van der Waals surface area (Å²) >= 11 is 6.78. The van der Waals surface area contributed by atoms with Crippen molar-refractivity contribution < 1.29 is 13.2 Å². The van der Waals surface area contributed by atoms with Gasteiger partial charge in [-0.05, 0) is 11.8 Å². The SMILES string of the molecule is CCSC1=CC(C(F)(F)F)=CNC1=c1[nH]c(=CC(=N)Cl)c(=N)n1C. The van der Waals surface area contributed by atoms with Gasteiger partial charge < -0.3 is 14.9 Å². The van der Waals surface area contributed by atoms with Crippen LogP contribution in [0.25, 0.3) is 11.8 Å². The molecule has 0 saturated carbocycles. The van der Waals surface area contributed by atoms with Crippen LogP contribution in [-0.4, -0.2) is 26.7 Å². The van der Waals surface area contributed by atoms with Crippen molar-refractivity contribution in [1.29, 1.82) is 10.8 Å². The number of imidazole rings is 1. The Morgan fingerprint density at radius 1 is 1.46 bits per heavy atom. The van der Waals surface area contributed by atoms with E-state index in [9.17, 15) is 13.2 Å². The van der Waals surface area contributed by atoms with E-state index >= 15 is 0 Å². The zero-order valence-corrected chi connectivity index (χ0v) is 14.4. The molecule has 5 nitrogen and oxygen atoms in total. The standard InChI is InChI=1S/C14H15ClF3N5S/c1-3-24-9-4-7(14(16,17)18)6-21-11(9)13-22-8(5-10(15)19)12(20)23(13)2/h4-6,19-22H,3H2,1-2H3. The highest BCUT2D eigenvalue weighted by Crippen LogP contribution is 2.34. The minimum atomic E-state index is -4.44. The Morgan fingerprint density at radius 2 is 2.12 bits per heavy atom. The number of hydrogen-bond acceptors (Lipinski definition) is 4. The maximum Gasteiger partial charge on any atom is 0.417 e. The Balaban J connectivity index is 2.70. The lowest BCUT2D eigenvalue weighted by Crippen LogP contribution is -2.32. The molecule has 1 aliphatic rings. The van der Waals surface area contributed by atoms with Crippen molar-refractivity contribution in [2.45, 2.75) is 13.1 Å². The number of halogens is 4. The molecule has 0 atom stereocenters. The van der Waals surface area contributed by atoms with Gasteiger partial charge in [0.25, 0.3) is 0 Å². The van der Waals surface area contributed by atoms with Crippen molar-refractivity contribution in [2.75, 3.05) is 5.75 Å². The minimum Gasteiger partial charge on any atom is -0.357 e. The van der Waals surface area contributed by atoms with Crippen molar-refractivity contribution >= 4 is 40.3 Å². The van der Waals surface area contributed by atoms with E-state index in [0.717, 1.165) is 12.3 Å². The molecule has 0 amide bonds. The van der Waals surface area contributed by atoms with E-state index in [1.807, 2.05) is 6.92 Å². The van der Waals surface area contributed by atoms with Crippen LogP contribution in [0.3, 0.4) is 0 Å². The summed E-state index contributed by atoms with van der Waals surface area (Å²) in [6, 6.07) is 0. The summed E-state index contributed by atoms with van der Waals surface area (Å²) in [6.07, 6.45) is -1.20.